The van der Waals surface area contributed by atoms with Gasteiger partial charge in [0.1, 0.15) is 0 Å². The Morgan fingerprint density at radius 3 is 2.12 bits per heavy atom. The number of rotatable bonds is 3. The van der Waals surface area contributed by atoms with Crippen molar-refractivity contribution in [3.05, 3.63) is 76.8 Å². The number of para-hydroxylation sites is 1. The average Bonchev–Trinajstić information content (AvgIpc) is 3.16. The van der Waals surface area contributed by atoms with Crippen molar-refractivity contribution in [1.29, 1.82) is 0 Å². The van der Waals surface area contributed by atoms with Gasteiger partial charge in [0.05, 0.1) is 11.4 Å². The van der Waals surface area contributed by atoms with Gasteiger partial charge in [0.25, 0.3) is 0 Å². The molecule has 5 nitrogen and oxygen atoms in total. The van der Waals surface area contributed by atoms with Gasteiger partial charge in [0.15, 0.2) is 5.84 Å². The van der Waals surface area contributed by atoms with Crippen LogP contribution in [0.15, 0.2) is 65.8 Å². The van der Waals surface area contributed by atoms with Gasteiger partial charge in [-0.1, -0.05) is 59.9 Å². The van der Waals surface area contributed by atoms with Crippen molar-refractivity contribution in [2.75, 3.05) is 17.3 Å². The van der Waals surface area contributed by atoms with E-state index in [9.17, 15) is 0 Å². The summed E-state index contributed by atoms with van der Waals surface area (Å²) in [4.78, 5) is 5.90. The third kappa shape index (κ3) is 2.74. The van der Waals surface area contributed by atoms with E-state index >= 15 is 0 Å². The minimum atomic E-state index is 0.858. The van der Waals surface area contributed by atoms with Crippen LogP contribution in [0.25, 0.3) is 0 Å². The topological polar surface area (TPSA) is 35.0 Å². The van der Waals surface area contributed by atoms with Crippen molar-refractivity contribution in [3.8, 4) is 0 Å². The summed E-state index contributed by atoms with van der Waals surface area (Å²) >= 11 is 1.65. The molecule has 0 amide bonds. The number of hydrazone groups is 1. The standard InChI is InChI=1S/C19H19N5S/c1-14-15(2)25-19(20-14)23-21-18(16-10-6-4-7-11-16)22(3)24(23)17-12-8-5-9-13-17/h4-13H,1-3H3. The molecule has 3 aromatic rings. The summed E-state index contributed by atoms with van der Waals surface area (Å²) in [5.74, 6) is 0.884. The molecule has 1 aliphatic heterocycles. The number of hydrogen-bond donors (Lipinski definition) is 0. The zero-order valence-electron chi connectivity index (χ0n) is 14.4. The van der Waals surface area contributed by atoms with E-state index in [1.54, 1.807) is 11.3 Å². The Morgan fingerprint density at radius 2 is 1.52 bits per heavy atom. The number of thiazole rings is 1. The SMILES string of the molecule is Cc1nc(N2N=C(c3ccccc3)N(C)N2c2ccccc2)sc1C. The van der Waals surface area contributed by atoms with Crippen molar-refractivity contribution < 1.29 is 0 Å². The molecule has 0 bridgehead atoms. The maximum Gasteiger partial charge on any atom is 0.230 e. The first-order chi connectivity index (χ1) is 12.1. The van der Waals surface area contributed by atoms with Gasteiger partial charge in [-0.25, -0.2) is 9.99 Å². The molecule has 0 spiro atoms. The molecule has 25 heavy (non-hydrogen) atoms. The molecule has 0 saturated carbocycles. The Hall–Kier alpha value is -2.86. The second kappa shape index (κ2) is 6.22. The molecule has 4 rings (SSSR count). The first kappa shape index (κ1) is 15.7. The molecule has 0 N–H and O–H groups in total. The molecule has 0 unspecified atom stereocenters. The van der Waals surface area contributed by atoms with Crippen molar-refractivity contribution in [2.45, 2.75) is 13.8 Å². The molecule has 6 heteroatoms. The maximum atomic E-state index is 4.87. The minimum Gasteiger partial charge on any atom is -0.248 e. The first-order valence-electron chi connectivity index (χ1n) is 8.12. The van der Waals surface area contributed by atoms with Gasteiger partial charge >= 0.3 is 0 Å². The molecule has 1 aliphatic rings. The Labute approximate surface area is 151 Å². The lowest BCUT2D eigenvalue weighted by atomic mass is 10.2. The lowest BCUT2D eigenvalue weighted by Gasteiger charge is -2.32. The molecular weight excluding hydrogens is 330 g/mol. The van der Waals surface area contributed by atoms with Crippen LogP contribution in [0.1, 0.15) is 16.1 Å². The normalized spacial score (nSPS) is 14.2. The quantitative estimate of drug-likeness (QED) is 0.709. The van der Waals surface area contributed by atoms with E-state index in [4.69, 9.17) is 10.1 Å². The predicted octanol–water partition coefficient (Wildman–Crippen LogP) is 4.21. The molecule has 0 atom stereocenters. The average molecular weight is 349 g/mol. The number of hydrogen-bond acceptors (Lipinski definition) is 6. The summed E-state index contributed by atoms with van der Waals surface area (Å²) in [7, 11) is 2.02. The highest BCUT2D eigenvalue weighted by molar-refractivity contribution is 7.15. The van der Waals surface area contributed by atoms with Gasteiger partial charge in [-0.05, 0) is 26.0 Å². The summed E-state index contributed by atoms with van der Waals surface area (Å²) in [6, 6.07) is 20.4. The second-order valence-electron chi connectivity index (χ2n) is 5.87. The summed E-state index contributed by atoms with van der Waals surface area (Å²) < 4.78 is 0. The molecule has 2 heterocycles. The zero-order valence-corrected chi connectivity index (χ0v) is 15.2. The molecule has 0 saturated heterocycles. The van der Waals surface area contributed by atoms with Crippen LogP contribution in [0, 0.1) is 13.8 Å². The molecule has 2 aromatic carbocycles. The van der Waals surface area contributed by atoms with Crippen LogP contribution in [-0.4, -0.2) is 22.9 Å². The number of aryl methyl sites for hydroxylation is 2. The Morgan fingerprint density at radius 1 is 0.880 bits per heavy atom. The fourth-order valence-electron chi connectivity index (χ4n) is 2.75. The van der Waals surface area contributed by atoms with Crippen LogP contribution in [-0.2, 0) is 0 Å². The van der Waals surface area contributed by atoms with E-state index in [2.05, 4.69) is 36.2 Å². The van der Waals surface area contributed by atoms with Crippen molar-refractivity contribution in [3.63, 3.8) is 0 Å². The number of amidine groups is 1. The second-order valence-corrected chi connectivity index (χ2v) is 7.05. The van der Waals surface area contributed by atoms with E-state index in [0.29, 0.717) is 0 Å². The summed E-state index contributed by atoms with van der Waals surface area (Å²) in [5, 5.41) is 11.7. The molecule has 0 radical (unpaired) electrons. The highest BCUT2D eigenvalue weighted by Gasteiger charge is 2.33. The van der Waals surface area contributed by atoms with Crippen LogP contribution in [0.3, 0.4) is 0 Å². The lowest BCUT2D eigenvalue weighted by Crippen LogP contribution is -2.45. The third-order valence-electron chi connectivity index (χ3n) is 4.17. The van der Waals surface area contributed by atoms with Crippen LogP contribution in [0.2, 0.25) is 0 Å². The number of benzene rings is 2. The molecule has 1 aromatic heterocycles. The third-order valence-corrected chi connectivity index (χ3v) is 5.21. The fourth-order valence-corrected chi connectivity index (χ4v) is 3.60. The summed E-state index contributed by atoms with van der Waals surface area (Å²) in [6.07, 6.45) is 0. The van der Waals surface area contributed by atoms with Crippen LogP contribution >= 0.6 is 11.3 Å². The van der Waals surface area contributed by atoms with Crippen molar-refractivity contribution in [2.24, 2.45) is 5.10 Å². The van der Waals surface area contributed by atoms with E-state index in [0.717, 1.165) is 27.9 Å². The lowest BCUT2D eigenvalue weighted by molar-refractivity contribution is 0.479. The molecular formula is C19H19N5S. The van der Waals surface area contributed by atoms with Crippen molar-refractivity contribution in [1.82, 2.24) is 9.99 Å². The minimum absolute atomic E-state index is 0.858. The molecule has 0 fully saturated rings. The van der Waals surface area contributed by atoms with E-state index in [1.807, 2.05) is 60.6 Å². The first-order valence-corrected chi connectivity index (χ1v) is 8.93. The van der Waals surface area contributed by atoms with Gasteiger partial charge < -0.3 is 0 Å². The number of hydrazine groups is 2. The van der Waals surface area contributed by atoms with Gasteiger partial charge in [0.2, 0.25) is 5.13 Å². The van der Waals surface area contributed by atoms with E-state index in [1.165, 1.54) is 4.88 Å². The van der Waals surface area contributed by atoms with Crippen LogP contribution < -0.4 is 10.2 Å². The van der Waals surface area contributed by atoms with Crippen LogP contribution in [0.4, 0.5) is 10.8 Å². The van der Waals surface area contributed by atoms with E-state index in [-0.39, 0.29) is 0 Å². The molecule has 0 aliphatic carbocycles. The highest BCUT2D eigenvalue weighted by atomic mass is 32.1. The largest absolute Gasteiger partial charge is 0.248 e. The van der Waals surface area contributed by atoms with Crippen molar-refractivity contribution >= 4 is 28.0 Å². The Bertz CT molecular complexity index is 885. The van der Waals surface area contributed by atoms with E-state index < -0.39 is 0 Å². The maximum absolute atomic E-state index is 4.87. The number of nitrogens with zero attached hydrogens (tertiary/aromatic N) is 5. The van der Waals surface area contributed by atoms with Gasteiger partial charge in [-0.15, -0.1) is 10.2 Å². The predicted molar refractivity (Wildman–Crippen MR) is 104 cm³/mol. The Kier molecular flexibility index (Phi) is 3.89. The number of aromatic nitrogens is 1. The zero-order chi connectivity index (χ0) is 17.4. The highest BCUT2D eigenvalue weighted by Crippen LogP contribution is 2.33. The number of anilines is 2. The summed E-state index contributed by atoms with van der Waals surface area (Å²) in [5.41, 5.74) is 3.14. The summed E-state index contributed by atoms with van der Waals surface area (Å²) in [6.45, 7) is 4.12. The molecule has 126 valence electrons. The van der Waals surface area contributed by atoms with Crippen LogP contribution in [0.5, 0.6) is 0 Å². The Balaban J connectivity index is 1.82. The van der Waals surface area contributed by atoms with Gasteiger partial charge in [0, 0.05) is 17.5 Å². The fraction of sp³-hybridized carbons (Fsp3) is 0.158. The van der Waals surface area contributed by atoms with Gasteiger partial charge in [-0.3, -0.25) is 0 Å². The monoisotopic (exact) mass is 349 g/mol. The smallest absolute Gasteiger partial charge is 0.230 e. The van der Waals surface area contributed by atoms with Gasteiger partial charge in [-0.2, -0.15) is 5.12 Å².